The number of carbonyl (C=O) groups is 3. The van der Waals surface area contributed by atoms with Gasteiger partial charge in [-0.2, -0.15) is 5.26 Å². The van der Waals surface area contributed by atoms with E-state index in [0.717, 1.165) is 5.56 Å². The Bertz CT molecular complexity index is 1050. The van der Waals surface area contributed by atoms with E-state index in [9.17, 15) is 14.4 Å². The minimum atomic E-state index is -0.759. The number of hydrogen-bond donors (Lipinski definition) is 1. The van der Waals surface area contributed by atoms with Crippen LogP contribution in [0.3, 0.4) is 0 Å². The lowest BCUT2D eigenvalue weighted by Crippen LogP contribution is -2.35. The molecule has 0 aliphatic rings. The van der Waals surface area contributed by atoms with Crippen molar-refractivity contribution in [2.75, 3.05) is 31.8 Å². The second kappa shape index (κ2) is 11.6. The number of halogens is 1. The smallest absolute Gasteiger partial charge is 0.338 e. The predicted octanol–water partition coefficient (Wildman–Crippen LogP) is 2.62. The third kappa shape index (κ3) is 6.62. The van der Waals surface area contributed by atoms with E-state index in [1.807, 2.05) is 6.07 Å². The van der Waals surface area contributed by atoms with Crippen molar-refractivity contribution in [3.8, 4) is 17.6 Å². The fourth-order valence-corrected chi connectivity index (χ4v) is 2.83. The molecule has 10 heteroatoms. The molecule has 0 atom stereocenters. The van der Waals surface area contributed by atoms with Gasteiger partial charge in [0.05, 0.1) is 25.2 Å². The molecule has 0 bridgehead atoms. The zero-order valence-electron chi connectivity index (χ0n) is 17.6. The van der Waals surface area contributed by atoms with Gasteiger partial charge in [0.1, 0.15) is 0 Å². The average Bonchev–Trinajstić information content (AvgIpc) is 2.78. The molecule has 0 heterocycles. The molecule has 2 rings (SSSR count). The Hall–Kier alpha value is -3.77. The zero-order chi connectivity index (χ0) is 23.7. The summed E-state index contributed by atoms with van der Waals surface area (Å²) in [5.74, 6) is -1.50. The standard InChI is InChI=1S/C22H22ClN3O6/c1-14-10-16(5-6-17(14)23)26(9-3-8-24)21(28)13-32-22(29)15-4-7-18(19(11-15)30-2)31-12-20(25)27/h4-7,10-11H,3,9,12-13H2,1-2H3,(H2,25,27). The van der Waals surface area contributed by atoms with Crippen molar-refractivity contribution in [3.05, 3.63) is 52.5 Å². The number of aryl methyl sites for hydroxylation is 1. The monoisotopic (exact) mass is 459 g/mol. The SMILES string of the molecule is COc1cc(C(=O)OCC(=O)N(CCC#N)c2ccc(Cl)c(C)c2)ccc1OCC(N)=O. The van der Waals surface area contributed by atoms with Crippen LogP contribution in [0.25, 0.3) is 0 Å². The van der Waals surface area contributed by atoms with Crippen LogP contribution in [0.1, 0.15) is 22.3 Å². The number of amides is 2. The molecular formula is C22H22ClN3O6. The highest BCUT2D eigenvalue weighted by molar-refractivity contribution is 6.31. The summed E-state index contributed by atoms with van der Waals surface area (Å²) in [7, 11) is 1.37. The molecule has 32 heavy (non-hydrogen) atoms. The molecule has 0 unspecified atom stereocenters. The Morgan fingerprint density at radius 2 is 1.88 bits per heavy atom. The highest BCUT2D eigenvalue weighted by Gasteiger charge is 2.20. The third-order valence-electron chi connectivity index (χ3n) is 4.30. The first-order chi connectivity index (χ1) is 15.3. The Labute approximate surface area is 190 Å². The van der Waals surface area contributed by atoms with Crippen molar-refractivity contribution in [1.82, 2.24) is 0 Å². The fourth-order valence-electron chi connectivity index (χ4n) is 2.71. The van der Waals surface area contributed by atoms with Crippen LogP contribution >= 0.6 is 11.6 Å². The summed E-state index contributed by atoms with van der Waals surface area (Å²) in [6.07, 6.45) is 0.103. The maximum absolute atomic E-state index is 12.7. The van der Waals surface area contributed by atoms with Gasteiger partial charge in [-0.15, -0.1) is 0 Å². The molecule has 0 aromatic heterocycles. The Morgan fingerprint density at radius 3 is 2.50 bits per heavy atom. The van der Waals surface area contributed by atoms with Crippen LogP contribution < -0.4 is 20.1 Å². The van der Waals surface area contributed by atoms with Crippen molar-refractivity contribution >= 4 is 35.1 Å². The van der Waals surface area contributed by atoms with Gasteiger partial charge in [-0.3, -0.25) is 9.59 Å². The molecule has 0 spiro atoms. The largest absolute Gasteiger partial charge is 0.493 e. The van der Waals surface area contributed by atoms with Gasteiger partial charge in [-0.1, -0.05) is 11.6 Å². The first kappa shape index (κ1) is 24.5. The Kier molecular flexibility index (Phi) is 8.86. The van der Waals surface area contributed by atoms with E-state index in [4.69, 9.17) is 36.8 Å². The Morgan fingerprint density at radius 1 is 1.12 bits per heavy atom. The van der Waals surface area contributed by atoms with Gasteiger partial charge in [0, 0.05) is 17.3 Å². The molecule has 0 aliphatic heterocycles. The lowest BCUT2D eigenvalue weighted by Gasteiger charge is -2.22. The van der Waals surface area contributed by atoms with Gasteiger partial charge in [0.15, 0.2) is 24.7 Å². The van der Waals surface area contributed by atoms with Crippen molar-refractivity contribution < 1.29 is 28.6 Å². The van der Waals surface area contributed by atoms with Crippen LogP contribution in [0, 0.1) is 18.3 Å². The summed E-state index contributed by atoms with van der Waals surface area (Å²) in [5.41, 5.74) is 6.48. The normalized spacial score (nSPS) is 10.1. The zero-order valence-corrected chi connectivity index (χ0v) is 18.3. The first-order valence-electron chi connectivity index (χ1n) is 9.46. The average molecular weight is 460 g/mol. The summed E-state index contributed by atoms with van der Waals surface area (Å²) in [5, 5.41) is 9.45. The lowest BCUT2D eigenvalue weighted by molar-refractivity contribution is -0.121. The molecule has 0 saturated carbocycles. The number of nitrogens with zero attached hydrogens (tertiary/aromatic N) is 2. The number of primary amides is 1. The van der Waals surface area contributed by atoms with Gasteiger partial charge in [0.25, 0.3) is 11.8 Å². The summed E-state index contributed by atoms with van der Waals surface area (Å²) >= 11 is 6.04. The number of carbonyl (C=O) groups excluding carboxylic acids is 3. The van der Waals surface area contributed by atoms with E-state index in [1.54, 1.807) is 25.1 Å². The van der Waals surface area contributed by atoms with Gasteiger partial charge in [-0.05, 0) is 48.9 Å². The van der Waals surface area contributed by atoms with Crippen LogP contribution in [0.5, 0.6) is 11.5 Å². The number of hydrogen-bond acceptors (Lipinski definition) is 7. The molecule has 168 valence electrons. The number of ether oxygens (including phenoxy) is 3. The Balaban J connectivity index is 2.10. The summed E-state index contributed by atoms with van der Waals surface area (Å²) in [6, 6.07) is 11.2. The summed E-state index contributed by atoms with van der Waals surface area (Å²) in [4.78, 5) is 37.4. The number of methoxy groups -OCH3 is 1. The number of rotatable bonds is 10. The van der Waals surface area contributed by atoms with Gasteiger partial charge < -0.3 is 24.8 Å². The van der Waals surface area contributed by atoms with Gasteiger partial charge in [0.2, 0.25) is 0 Å². The van der Waals surface area contributed by atoms with E-state index in [2.05, 4.69) is 0 Å². The van der Waals surface area contributed by atoms with Gasteiger partial charge >= 0.3 is 5.97 Å². The quantitative estimate of drug-likeness (QED) is 0.540. The topological polar surface area (TPSA) is 132 Å². The molecule has 2 aromatic carbocycles. The van der Waals surface area contributed by atoms with Crippen LogP contribution in [-0.4, -0.2) is 44.7 Å². The minimum Gasteiger partial charge on any atom is -0.493 e. The van der Waals surface area contributed by atoms with Crippen molar-refractivity contribution in [2.24, 2.45) is 5.73 Å². The maximum atomic E-state index is 12.7. The lowest BCUT2D eigenvalue weighted by atomic mass is 10.2. The highest BCUT2D eigenvalue weighted by atomic mass is 35.5. The van der Waals surface area contributed by atoms with Crippen molar-refractivity contribution in [1.29, 1.82) is 5.26 Å². The van der Waals surface area contributed by atoms with Gasteiger partial charge in [-0.25, -0.2) is 4.79 Å². The molecular weight excluding hydrogens is 438 g/mol. The van der Waals surface area contributed by atoms with E-state index >= 15 is 0 Å². The van der Waals surface area contributed by atoms with E-state index < -0.39 is 24.4 Å². The molecule has 0 radical (unpaired) electrons. The number of esters is 1. The molecule has 2 amide bonds. The van der Waals surface area contributed by atoms with Crippen LogP contribution in [0.4, 0.5) is 5.69 Å². The van der Waals surface area contributed by atoms with Crippen molar-refractivity contribution in [3.63, 3.8) is 0 Å². The van der Waals surface area contributed by atoms with E-state index in [-0.39, 0.29) is 36.6 Å². The maximum Gasteiger partial charge on any atom is 0.338 e. The molecule has 0 aliphatic carbocycles. The number of nitriles is 1. The second-order valence-corrected chi connectivity index (χ2v) is 6.99. The summed E-state index contributed by atoms with van der Waals surface area (Å²) < 4.78 is 15.5. The minimum absolute atomic E-state index is 0.103. The van der Waals surface area contributed by atoms with E-state index in [0.29, 0.717) is 10.7 Å². The summed E-state index contributed by atoms with van der Waals surface area (Å²) in [6.45, 7) is 1.04. The molecule has 9 nitrogen and oxygen atoms in total. The van der Waals surface area contributed by atoms with Crippen LogP contribution in [0.2, 0.25) is 5.02 Å². The molecule has 2 aromatic rings. The number of nitrogens with two attached hydrogens (primary N) is 1. The fraction of sp³-hybridized carbons (Fsp3) is 0.273. The second-order valence-electron chi connectivity index (χ2n) is 6.58. The predicted molar refractivity (Wildman–Crippen MR) is 117 cm³/mol. The van der Waals surface area contributed by atoms with Crippen LogP contribution in [0.15, 0.2) is 36.4 Å². The van der Waals surface area contributed by atoms with E-state index in [1.165, 1.54) is 30.2 Å². The number of anilines is 1. The van der Waals surface area contributed by atoms with Crippen LogP contribution in [-0.2, 0) is 14.3 Å². The number of benzene rings is 2. The first-order valence-corrected chi connectivity index (χ1v) is 9.84. The third-order valence-corrected chi connectivity index (χ3v) is 4.72. The molecule has 0 fully saturated rings. The highest BCUT2D eigenvalue weighted by Crippen LogP contribution is 2.28. The van der Waals surface area contributed by atoms with Crippen molar-refractivity contribution in [2.45, 2.75) is 13.3 Å². The molecule has 2 N–H and O–H groups in total. The molecule has 0 saturated heterocycles.